The number of hydrogen-bond acceptors (Lipinski definition) is 3. The Labute approximate surface area is 133 Å². The fourth-order valence-electron chi connectivity index (χ4n) is 2.60. The van der Waals surface area contributed by atoms with E-state index in [2.05, 4.69) is 27.3 Å². The Hall–Kier alpha value is -1.75. The molecule has 22 heavy (non-hydrogen) atoms. The van der Waals surface area contributed by atoms with Crippen LogP contribution >= 0.6 is 0 Å². The smallest absolute Gasteiger partial charge is 0.193 e. The first kappa shape index (κ1) is 16.6. The van der Waals surface area contributed by atoms with Gasteiger partial charge in [0, 0.05) is 33.8 Å². The van der Waals surface area contributed by atoms with Gasteiger partial charge < -0.3 is 19.7 Å². The standard InChI is InChI=1S/C17H27N3O2/c1-4-21-15-9-7-14(8-10-15)13-20(3)17(18-2)19-12-16-6-5-11-22-16/h7-10,16H,4-6,11-13H2,1-3H3,(H,18,19). The first-order valence-electron chi connectivity index (χ1n) is 7.98. The zero-order chi connectivity index (χ0) is 15.8. The van der Waals surface area contributed by atoms with E-state index in [0.29, 0.717) is 12.7 Å². The lowest BCUT2D eigenvalue weighted by Crippen LogP contribution is -2.41. The molecule has 1 fully saturated rings. The Kier molecular flexibility index (Phi) is 6.52. The number of nitrogens with one attached hydrogen (secondary N) is 1. The lowest BCUT2D eigenvalue weighted by atomic mass is 10.2. The van der Waals surface area contributed by atoms with E-state index in [-0.39, 0.29) is 0 Å². The Balaban J connectivity index is 1.84. The second-order valence-electron chi connectivity index (χ2n) is 5.50. The minimum absolute atomic E-state index is 0.315. The van der Waals surface area contributed by atoms with Crippen LogP contribution in [0.1, 0.15) is 25.3 Å². The first-order valence-corrected chi connectivity index (χ1v) is 7.98. The average molecular weight is 305 g/mol. The van der Waals surface area contributed by atoms with Crippen molar-refractivity contribution in [2.45, 2.75) is 32.4 Å². The zero-order valence-electron chi connectivity index (χ0n) is 13.8. The second-order valence-corrected chi connectivity index (χ2v) is 5.50. The Morgan fingerprint density at radius 2 is 2.18 bits per heavy atom. The number of nitrogens with zero attached hydrogens (tertiary/aromatic N) is 2. The number of rotatable bonds is 6. The molecule has 1 aromatic rings. The predicted molar refractivity (Wildman–Crippen MR) is 89.4 cm³/mol. The SMILES string of the molecule is CCOc1ccc(CN(C)C(=NC)NCC2CCCO2)cc1. The van der Waals surface area contributed by atoms with Gasteiger partial charge >= 0.3 is 0 Å². The monoisotopic (exact) mass is 305 g/mol. The van der Waals surface area contributed by atoms with Crippen LogP contribution in [0.2, 0.25) is 0 Å². The predicted octanol–water partition coefficient (Wildman–Crippen LogP) is 2.27. The zero-order valence-corrected chi connectivity index (χ0v) is 13.8. The van der Waals surface area contributed by atoms with Crippen LogP contribution in [0.15, 0.2) is 29.3 Å². The molecule has 1 atom stereocenters. The highest BCUT2D eigenvalue weighted by Gasteiger charge is 2.16. The molecule has 0 aromatic heterocycles. The fraction of sp³-hybridized carbons (Fsp3) is 0.588. The Morgan fingerprint density at radius 1 is 1.41 bits per heavy atom. The highest BCUT2D eigenvalue weighted by Crippen LogP contribution is 2.14. The molecule has 1 aliphatic heterocycles. The third kappa shape index (κ3) is 4.91. The van der Waals surface area contributed by atoms with Gasteiger partial charge in [-0.05, 0) is 37.5 Å². The molecule has 0 aliphatic carbocycles. The van der Waals surface area contributed by atoms with Crippen molar-refractivity contribution < 1.29 is 9.47 Å². The molecule has 5 heteroatoms. The van der Waals surface area contributed by atoms with Crippen molar-refractivity contribution in [1.82, 2.24) is 10.2 Å². The third-order valence-electron chi connectivity index (χ3n) is 3.74. The van der Waals surface area contributed by atoms with Gasteiger partial charge in [0.15, 0.2) is 5.96 Å². The van der Waals surface area contributed by atoms with Crippen molar-refractivity contribution in [3.05, 3.63) is 29.8 Å². The molecule has 122 valence electrons. The van der Waals surface area contributed by atoms with E-state index in [1.165, 1.54) is 5.56 Å². The summed E-state index contributed by atoms with van der Waals surface area (Å²) >= 11 is 0. The molecule has 5 nitrogen and oxygen atoms in total. The van der Waals surface area contributed by atoms with Crippen LogP contribution in [-0.2, 0) is 11.3 Å². The van der Waals surface area contributed by atoms with E-state index in [4.69, 9.17) is 9.47 Å². The molecule has 0 amide bonds. The molecule has 1 unspecified atom stereocenters. The van der Waals surface area contributed by atoms with Crippen molar-refractivity contribution >= 4 is 5.96 Å². The number of benzene rings is 1. The normalized spacial score (nSPS) is 18.3. The maximum atomic E-state index is 5.63. The van der Waals surface area contributed by atoms with Crippen LogP contribution in [0, 0.1) is 0 Å². The highest BCUT2D eigenvalue weighted by atomic mass is 16.5. The molecular weight excluding hydrogens is 278 g/mol. The molecule has 0 saturated carbocycles. The van der Waals surface area contributed by atoms with Gasteiger partial charge in [-0.25, -0.2) is 0 Å². The van der Waals surface area contributed by atoms with Gasteiger partial charge in [0.1, 0.15) is 5.75 Å². The molecule has 1 aliphatic rings. The second kappa shape index (κ2) is 8.63. The first-order chi connectivity index (χ1) is 10.7. The number of hydrogen-bond donors (Lipinski definition) is 1. The summed E-state index contributed by atoms with van der Waals surface area (Å²) in [4.78, 5) is 6.46. The number of ether oxygens (including phenoxy) is 2. The minimum Gasteiger partial charge on any atom is -0.494 e. The van der Waals surface area contributed by atoms with Gasteiger partial charge in [-0.15, -0.1) is 0 Å². The molecule has 1 saturated heterocycles. The van der Waals surface area contributed by atoms with Gasteiger partial charge in [0.25, 0.3) is 0 Å². The van der Waals surface area contributed by atoms with Gasteiger partial charge in [-0.1, -0.05) is 12.1 Å². The van der Waals surface area contributed by atoms with Gasteiger partial charge in [0.2, 0.25) is 0 Å². The quantitative estimate of drug-likeness (QED) is 0.647. The third-order valence-corrected chi connectivity index (χ3v) is 3.74. The van der Waals surface area contributed by atoms with E-state index in [0.717, 1.165) is 44.2 Å². The van der Waals surface area contributed by atoms with Crippen molar-refractivity contribution in [1.29, 1.82) is 0 Å². The van der Waals surface area contributed by atoms with Gasteiger partial charge in [-0.2, -0.15) is 0 Å². The van der Waals surface area contributed by atoms with Crippen molar-refractivity contribution in [3.63, 3.8) is 0 Å². The van der Waals surface area contributed by atoms with E-state index in [1.54, 1.807) is 0 Å². The molecule has 1 heterocycles. The average Bonchev–Trinajstić information content (AvgIpc) is 3.03. The topological polar surface area (TPSA) is 46.1 Å². The summed E-state index contributed by atoms with van der Waals surface area (Å²) in [6, 6.07) is 8.20. The highest BCUT2D eigenvalue weighted by molar-refractivity contribution is 5.79. The lowest BCUT2D eigenvalue weighted by Gasteiger charge is -2.23. The summed E-state index contributed by atoms with van der Waals surface area (Å²) in [5, 5.41) is 3.39. The fourth-order valence-corrected chi connectivity index (χ4v) is 2.60. The van der Waals surface area contributed by atoms with Crippen LogP contribution in [0.25, 0.3) is 0 Å². The van der Waals surface area contributed by atoms with E-state index in [9.17, 15) is 0 Å². The van der Waals surface area contributed by atoms with Crippen LogP contribution in [0.4, 0.5) is 0 Å². The summed E-state index contributed by atoms with van der Waals surface area (Å²) in [5.41, 5.74) is 1.23. The summed E-state index contributed by atoms with van der Waals surface area (Å²) < 4.78 is 11.1. The van der Waals surface area contributed by atoms with Crippen molar-refractivity contribution in [2.24, 2.45) is 4.99 Å². The lowest BCUT2D eigenvalue weighted by molar-refractivity contribution is 0.113. The van der Waals surface area contributed by atoms with Crippen molar-refractivity contribution in [3.8, 4) is 5.75 Å². The Morgan fingerprint density at radius 3 is 2.77 bits per heavy atom. The van der Waals surface area contributed by atoms with Crippen molar-refractivity contribution in [2.75, 3.05) is 33.9 Å². The number of guanidine groups is 1. The maximum absolute atomic E-state index is 5.63. The molecule has 0 spiro atoms. The van der Waals surface area contributed by atoms with Gasteiger partial charge in [-0.3, -0.25) is 4.99 Å². The van der Waals surface area contributed by atoms with E-state index < -0.39 is 0 Å². The van der Waals surface area contributed by atoms with Crippen LogP contribution in [0.3, 0.4) is 0 Å². The molecule has 1 N–H and O–H groups in total. The van der Waals surface area contributed by atoms with Crippen LogP contribution in [0.5, 0.6) is 5.75 Å². The van der Waals surface area contributed by atoms with E-state index >= 15 is 0 Å². The molecule has 0 radical (unpaired) electrons. The number of aliphatic imine (C=N–C) groups is 1. The Bertz CT molecular complexity index is 467. The minimum atomic E-state index is 0.315. The van der Waals surface area contributed by atoms with Gasteiger partial charge in [0.05, 0.1) is 12.7 Å². The molecule has 0 bridgehead atoms. The largest absolute Gasteiger partial charge is 0.494 e. The van der Waals surface area contributed by atoms with Crippen LogP contribution < -0.4 is 10.1 Å². The van der Waals surface area contributed by atoms with E-state index in [1.807, 2.05) is 33.2 Å². The summed E-state index contributed by atoms with van der Waals surface area (Å²) in [7, 11) is 3.85. The summed E-state index contributed by atoms with van der Waals surface area (Å²) in [6.07, 6.45) is 2.61. The summed E-state index contributed by atoms with van der Waals surface area (Å²) in [6.45, 7) is 5.19. The maximum Gasteiger partial charge on any atom is 0.193 e. The van der Waals surface area contributed by atoms with Crippen LogP contribution in [-0.4, -0.2) is 50.8 Å². The molecule has 1 aromatic carbocycles. The molecular formula is C17H27N3O2. The summed E-state index contributed by atoms with van der Waals surface area (Å²) in [5.74, 6) is 1.80. The molecule has 2 rings (SSSR count).